The molecule has 0 atom stereocenters. The Kier molecular flexibility index (Phi) is 2.44. The number of hydrogen-bond acceptors (Lipinski definition) is 1. The normalized spacial score (nSPS) is 10.9. The zero-order chi connectivity index (χ0) is 11.8. The topological polar surface area (TPSA) is 17.8 Å². The second-order valence-corrected chi connectivity index (χ2v) is 4.53. The van der Waals surface area contributed by atoms with E-state index in [1.165, 1.54) is 6.07 Å². The summed E-state index contributed by atoms with van der Waals surface area (Å²) in [5.74, 6) is -0.268. The van der Waals surface area contributed by atoms with Gasteiger partial charge in [-0.05, 0) is 40.2 Å². The van der Waals surface area contributed by atoms with Crippen LogP contribution >= 0.6 is 15.9 Å². The van der Waals surface area contributed by atoms with Gasteiger partial charge in [0.05, 0.1) is 11.2 Å². The molecular weight excluding hydrogens is 283 g/mol. The van der Waals surface area contributed by atoms with E-state index in [2.05, 4.69) is 20.9 Å². The van der Waals surface area contributed by atoms with E-state index in [9.17, 15) is 4.39 Å². The summed E-state index contributed by atoms with van der Waals surface area (Å²) in [7, 11) is 0. The van der Waals surface area contributed by atoms with Crippen molar-refractivity contribution >= 4 is 27.0 Å². The average Bonchev–Trinajstić information content (AvgIpc) is 2.75. The number of fused-ring (bicyclic) bond motifs is 1. The minimum absolute atomic E-state index is 0.268. The molecule has 0 aliphatic rings. The summed E-state index contributed by atoms with van der Waals surface area (Å²) >= 11 is 3.46. The van der Waals surface area contributed by atoms with Crippen molar-refractivity contribution in [1.82, 2.24) is 9.55 Å². The maximum absolute atomic E-state index is 13.8. The molecule has 0 fully saturated rings. The van der Waals surface area contributed by atoms with Crippen LogP contribution in [0.3, 0.4) is 0 Å². The van der Waals surface area contributed by atoms with E-state index in [1.807, 2.05) is 24.3 Å². The van der Waals surface area contributed by atoms with Gasteiger partial charge in [-0.25, -0.2) is 9.37 Å². The van der Waals surface area contributed by atoms with Gasteiger partial charge in [0.2, 0.25) is 0 Å². The van der Waals surface area contributed by atoms with Crippen LogP contribution in [0.25, 0.3) is 16.7 Å². The Labute approximate surface area is 106 Å². The van der Waals surface area contributed by atoms with Crippen molar-refractivity contribution in [3.8, 4) is 5.69 Å². The maximum Gasteiger partial charge on any atom is 0.149 e. The van der Waals surface area contributed by atoms with Gasteiger partial charge < -0.3 is 0 Å². The zero-order valence-corrected chi connectivity index (χ0v) is 10.4. The fourth-order valence-electron chi connectivity index (χ4n) is 1.85. The highest BCUT2D eigenvalue weighted by molar-refractivity contribution is 9.10. The van der Waals surface area contributed by atoms with Crippen molar-refractivity contribution in [2.45, 2.75) is 0 Å². The van der Waals surface area contributed by atoms with Crippen LogP contribution in [0.15, 0.2) is 53.3 Å². The lowest BCUT2D eigenvalue weighted by molar-refractivity contribution is 0.634. The first kappa shape index (κ1) is 10.5. The molecule has 0 saturated heterocycles. The predicted molar refractivity (Wildman–Crippen MR) is 68.7 cm³/mol. The summed E-state index contributed by atoms with van der Waals surface area (Å²) in [6, 6.07) is 12.6. The molecule has 0 aliphatic heterocycles. The average molecular weight is 291 g/mol. The molecular formula is C13H8BrFN2. The third-order valence-corrected chi connectivity index (χ3v) is 3.30. The van der Waals surface area contributed by atoms with Crippen LogP contribution in [-0.2, 0) is 0 Å². The van der Waals surface area contributed by atoms with Crippen molar-refractivity contribution in [2.24, 2.45) is 0 Å². The van der Waals surface area contributed by atoms with Crippen LogP contribution in [0.2, 0.25) is 0 Å². The summed E-state index contributed by atoms with van der Waals surface area (Å²) in [4.78, 5) is 4.20. The molecule has 0 bridgehead atoms. The highest BCUT2D eigenvalue weighted by Crippen LogP contribution is 2.25. The zero-order valence-electron chi connectivity index (χ0n) is 8.77. The summed E-state index contributed by atoms with van der Waals surface area (Å²) in [5.41, 5.74) is 2.03. The fourth-order valence-corrected chi connectivity index (χ4v) is 2.33. The van der Waals surface area contributed by atoms with E-state index in [-0.39, 0.29) is 5.82 Å². The fraction of sp³-hybridized carbons (Fsp3) is 0. The molecule has 84 valence electrons. The van der Waals surface area contributed by atoms with Gasteiger partial charge in [0, 0.05) is 4.47 Å². The lowest BCUT2D eigenvalue weighted by Crippen LogP contribution is -1.94. The molecule has 4 heteroatoms. The van der Waals surface area contributed by atoms with Gasteiger partial charge in [-0.2, -0.15) is 0 Å². The third-order valence-electron chi connectivity index (χ3n) is 2.63. The van der Waals surface area contributed by atoms with Gasteiger partial charge >= 0.3 is 0 Å². The Hall–Kier alpha value is -1.68. The van der Waals surface area contributed by atoms with Gasteiger partial charge in [-0.1, -0.05) is 18.2 Å². The van der Waals surface area contributed by atoms with Gasteiger partial charge in [-0.3, -0.25) is 4.57 Å². The van der Waals surface area contributed by atoms with Crippen LogP contribution in [0.1, 0.15) is 0 Å². The molecule has 17 heavy (non-hydrogen) atoms. The standard InChI is InChI=1S/C13H8BrFN2/c14-9-4-1-2-7-12(9)17-8-16-11-6-3-5-10(15)13(11)17/h1-8H. The number of para-hydroxylation sites is 2. The van der Waals surface area contributed by atoms with Crippen LogP contribution in [-0.4, -0.2) is 9.55 Å². The van der Waals surface area contributed by atoms with Gasteiger partial charge in [0.25, 0.3) is 0 Å². The number of imidazole rings is 1. The number of hydrogen-bond donors (Lipinski definition) is 0. The highest BCUT2D eigenvalue weighted by Gasteiger charge is 2.10. The summed E-state index contributed by atoms with van der Waals surface area (Å²) in [6.07, 6.45) is 1.63. The van der Waals surface area contributed by atoms with E-state index in [0.717, 1.165) is 10.2 Å². The molecule has 3 rings (SSSR count). The number of aromatic nitrogens is 2. The smallest absolute Gasteiger partial charge is 0.149 e. The Morgan fingerprint density at radius 2 is 1.88 bits per heavy atom. The number of benzene rings is 2. The molecule has 0 aliphatic carbocycles. The summed E-state index contributed by atoms with van der Waals surface area (Å²) in [5, 5.41) is 0. The van der Waals surface area contributed by atoms with Gasteiger partial charge in [0.15, 0.2) is 0 Å². The Bertz CT molecular complexity index is 691. The molecule has 1 heterocycles. The molecule has 0 amide bonds. The van der Waals surface area contributed by atoms with E-state index >= 15 is 0 Å². The molecule has 2 aromatic carbocycles. The van der Waals surface area contributed by atoms with Crippen molar-refractivity contribution < 1.29 is 4.39 Å². The van der Waals surface area contributed by atoms with E-state index < -0.39 is 0 Å². The van der Waals surface area contributed by atoms with Gasteiger partial charge in [-0.15, -0.1) is 0 Å². The lowest BCUT2D eigenvalue weighted by Gasteiger charge is -2.06. The molecule has 0 spiro atoms. The van der Waals surface area contributed by atoms with E-state index in [0.29, 0.717) is 11.0 Å². The number of nitrogens with zero attached hydrogens (tertiary/aromatic N) is 2. The highest BCUT2D eigenvalue weighted by atomic mass is 79.9. The van der Waals surface area contributed by atoms with Crippen molar-refractivity contribution in [1.29, 1.82) is 0 Å². The number of rotatable bonds is 1. The first-order valence-electron chi connectivity index (χ1n) is 5.14. The second kappa shape index (κ2) is 3.96. The molecule has 0 saturated carbocycles. The molecule has 0 N–H and O–H groups in total. The SMILES string of the molecule is Fc1cccc2ncn(-c3ccccc3Br)c12. The molecule has 2 nitrogen and oxygen atoms in total. The minimum Gasteiger partial charge on any atom is -0.295 e. The Balaban J connectivity index is 2.36. The lowest BCUT2D eigenvalue weighted by atomic mass is 10.2. The van der Waals surface area contributed by atoms with Gasteiger partial charge in [0.1, 0.15) is 17.7 Å². The van der Waals surface area contributed by atoms with Crippen molar-refractivity contribution in [3.05, 3.63) is 59.1 Å². The third kappa shape index (κ3) is 1.65. The quantitative estimate of drug-likeness (QED) is 0.664. The molecule has 1 aromatic heterocycles. The van der Waals surface area contributed by atoms with Crippen LogP contribution < -0.4 is 0 Å². The molecule has 3 aromatic rings. The molecule has 0 radical (unpaired) electrons. The first-order chi connectivity index (χ1) is 8.27. The van der Waals surface area contributed by atoms with Crippen molar-refractivity contribution in [2.75, 3.05) is 0 Å². The van der Waals surface area contributed by atoms with E-state index in [1.54, 1.807) is 23.0 Å². The van der Waals surface area contributed by atoms with E-state index in [4.69, 9.17) is 0 Å². The molecule has 0 unspecified atom stereocenters. The van der Waals surface area contributed by atoms with Crippen LogP contribution in [0.5, 0.6) is 0 Å². The first-order valence-corrected chi connectivity index (χ1v) is 5.93. The predicted octanol–water partition coefficient (Wildman–Crippen LogP) is 3.93. The Morgan fingerprint density at radius 1 is 1.06 bits per heavy atom. The summed E-state index contributed by atoms with van der Waals surface area (Å²) in [6.45, 7) is 0. The van der Waals surface area contributed by atoms with Crippen LogP contribution in [0, 0.1) is 5.82 Å². The van der Waals surface area contributed by atoms with Crippen molar-refractivity contribution in [3.63, 3.8) is 0 Å². The Morgan fingerprint density at radius 3 is 2.71 bits per heavy atom. The second-order valence-electron chi connectivity index (χ2n) is 3.67. The minimum atomic E-state index is -0.268. The monoisotopic (exact) mass is 290 g/mol. The summed E-state index contributed by atoms with van der Waals surface area (Å²) < 4.78 is 16.5. The maximum atomic E-state index is 13.8. The number of halogens is 2. The van der Waals surface area contributed by atoms with Crippen LogP contribution in [0.4, 0.5) is 4.39 Å². The largest absolute Gasteiger partial charge is 0.295 e.